The summed E-state index contributed by atoms with van der Waals surface area (Å²) in [5.41, 5.74) is 5.12. The van der Waals surface area contributed by atoms with E-state index in [0.29, 0.717) is 25.2 Å². The van der Waals surface area contributed by atoms with Crippen molar-refractivity contribution >= 4 is 5.97 Å². The average molecular weight is 391 g/mol. The van der Waals surface area contributed by atoms with E-state index >= 15 is 0 Å². The van der Waals surface area contributed by atoms with Crippen molar-refractivity contribution in [3.05, 3.63) is 106 Å². The molecule has 0 aliphatic rings. The van der Waals surface area contributed by atoms with Crippen LogP contribution in [0, 0.1) is 12.7 Å². The summed E-state index contributed by atoms with van der Waals surface area (Å²) in [6, 6.07) is 23.6. The van der Waals surface area contributed by atoms with Gasteiger partial charge in [-0.1, -0.05) is 72.3 Å². The van der Waals surface area contributed by atoms with Gasteiger partial charge in [0.1, 0.15) is 5.82 Å². The Labute approximate surface area is 171 Å². The van der Waals surface area contributed by atoms with E-state index in [1.165, 1.54) is 17.2 Å². The molecule has 0 aromatic heterocycles. The maximum Gasteiger partial charge on any atom is 0.304 e. The van der Waals surface area contributed by atoms with E-state index < -0.39 is 5.97 Å². The zero-order valence-corrected chi connectivity index (χ0v) is 16.6. The molecule has 0 radical (unpaired) electrons. The zero-order valence-electron chi connectivity index (χ0n) is 16.6. The summed E-state index contributed by atoms with van der Waals surface area (Å²) < 4.78 is 14.2. The fourth-order valence-corrected chi connectivity index (χ4v) is 3.46. The van der Waals surface area contributed by atoms with Crippen molar-refractivity contribution in [2.45, 2.75) is 32.9 Å². The Morgan fingerprint density at radius 3 is 2.38 bits per heavy atom. The van der Waals surface area contributed by atoms with Gasteiger partial charge >= 0.3 is 5.97 Å². The largest absolute Gasteiger partial charge is 0.481 e. The minimum absolute atomic E-state index is 0.0249. The number of carboxylic acid groups (broad SMARTS) is 1. The Hall–Kier alpha value is -2.98. The van der Waals surface area contributed by atoms with Crippen LogP contribution in [0.25, 0.3) is 0 Å². The summed E-state index contributed by atoms with van der Waals surface area (Å²) in [4.78, 5) is 13.1. The van der Waals surface area contributed by atoms with Crippen LogP contribution in [0.3, 0.4) is 0 Å². The Kier molecular flexibility index (Phi) is 7.14. The molecular weight excluding hydrogens is 365 g/mol. The SMILES string of the molecule is Cc1ccc(F)c(CN(CCC(=O)O)Cc2cccc(Cc3ccccc3)c2)c1. The second-order valence-electron chi connectivity index (χ2n) is 7.43. The van der Waals surface area contributed by atoms with Crippen molar-refractivity contribution in [1.29, 1.82) is 0 Å². The molecule has 0 saturated carbocycles. The van der Waals surface area contributed by atoms with Crippen LogP contribution in [0.2, 0.25) is 0 Å². The molecule has 0 amide bonds. The Morgan fingerprint density at radius 1 is 0.897 bits per heavy atom. The predicted octanol–water partition coefficient (Wildman–Crippen LogP) is 5.20. The molecule has 0 spiro atoms. The van der Waals surface area contributed by atoms with Gasteiger partial charge in [0.25, 0.3) is 0 Å². The lowest BCUT2D eigenvalue weighted by atomic mass is 10.0. The third-order valence-corrected chi connectivity index (χ3v) is 4.89. The highest BCUT2D eigenvalue weighted by atomic mass is 19.1. The van der Waals surface area contributed by atoms with Crippen LogP contribution < -0.4 is 0 Å². The number of halogens is 1. The Bertz CT molecular complexity index is 956. The summed E-state index contributed by atoms with van der Waals surface area (Å²) >= 11 is 0. The van der Waals surface area contributed by atoms with Gasteiger partial charge in [-0.15, -0.1) is 0 Å². The predicted molar refractivity (Wildman–Crippen MR) is 113 cm³/mol. The van der Waals surface area contributed by atoms with Gasteiger partial charge in [-0.05, 0) is 36.1 Å². The highest BCUT2D eigenvalue weighted by molar-refractivity contribution is 5.66. The van der Waals surface area contributed by atoms with Crippen LogP contribution in [0.1, 0.15) is 34.2 Å². The molecule has 3 rings (SSSR count). The molecule has 0 saturated heterocycles. The molecular formula is C25H26FNO2. The van der Waals surface area contributed by atoms with E-state index in [0.717, 1.165) is 17.5 Å². The van der Waals surface area contributed by atoms with E-state index in [-0.39, 0.29) is 12.2 Å². The molecule has 0 aliphatic carbocycles. The number of hydrogen-bond acceptors (Lipinski definition) is 2. The van der Waals surface area contributed by atoms with Crippen molar-refractivity contribution in [3.8, 4) is 0 Å². The normalized spacial score (nSPS) is 11.0. The molecule has 3 aromatic carbocycles. The van der Waals surface area contributed by atoms with Crippen LogP contribution in [0.5, 0.6) is 0 Å². The third-order valence-electron chi connectivity index (χ3n) is 4.89. The van der Waals surface area contributed by atoms with E-state index in [9.17, 15) is 9.18 Å². The molecule has 29 heavy (non-hydrogen) atoms. The molecule has 0 heterocycles. The van der Waals surface area contributed by atoms with E-state index in [2.05, 4.69) is 24.3 Å². The zero-order chi connectivity index (χ0) is 20.6. The quantitative estimate of drug-likeness (QED) is 0.545. The van der Waals surface area contributed by atoms with Gasteiger partial charge in [0.05, 0.1) is 6.42 Å². The van der Waals surface area contributed by atoms with Crippen molar-refractivity contribution in [3.63, 3.8) is 0 Å². The van der Waals surface area contributed by atoms with Crippen LogP contribution in [0.4, 0.5) is 4.39 Å². The highest BCUT2D eigenvalue weighted by Gasteiger charge is 2.13. The standard InChI is InChI=1S/C25H26FNO2/c1-19-10-11-24(26)23(14-19)18-27(13-12-25(28)29)17-22-9-5-8-21(16-22)15-20-6-3-2-4-7-20/h2-11,14,16H,12-13,15,17-18H2,1H3,(H,28,29). The maximum atomic E-state index is 14.2. The number of benzene rings is 3. The van der Waals surface area contributed by atoms with Crippen molar-refractivity contribution in [2.75, 3.05) is 6.54 Å². The molecule has 0 atom stereocenters. The number of carbonyl (C=O) groups is 1. The fourth-order valence-electron chi connectivity index (χ4n) is 3.46. The summed E-state index contributed by atoms with van der Waals surface area (Å²) in [7, 11) is 0. The molecule has 0 fully saturated rings. The van der Waals surface area contributed by atoms with Gasteiger partial charge in [0, 0.05) is 25.2 Å². The van der Waals surface area contributed by atoms with Gasteiger partial charge in [0.2, 0.25) is 0 Å². The van der Waals surface area contributed by atoms with Gasteiger partial charge < -0.3 is 5.11 Å². The number of carboxylic acids is 1. The Morgan fingerprint density at radius 2 is 1.62 bits per heavy atom. The minimum atomic E-state index is -0.849. The number of rotatable bonds is 9. The van der Waals surface area contributed by atoms with Crippen LogP contribution in [-0.4, -0.2) is 22.5 Å². The van der Waals surface area contributed by atoms with Crippen molar-refractivity contribution < 1.29 is 14.3 Å². The van der Waals surface area contributed by atoms with Gasteiger partial charge in [-0.25, -0.2) is 4.39 Å². The van der Waals surface area contributed by atoms with Gasteiger partial charge in [0.15, 0.2) is 0 Å². The molecule has 3 nitrogen and oxygen atoms in total. The maximum absolute atomic E-state index is 14.2. The lowest BCUT2D eigenvalue weighted by Gasteiger charge is -2.22. The molecule has 0 aliphatic heterocycles. The van der Waals surface area contributed by atoms with E-state index in [4.69, 9.17) is 5.11 Å². The number of hydrogen-bond donors (Lipinski definition) is 1. The molecule has 0 bridgehead atoms. The molecule has 0 unspecified atom stereocenters. The van der Waals surface area contributed by atoms with Crippen LogP contribution >= 0.6 is 0 Å². The van der Waals surface area contributed by atoms with Crippen molar-refractivity contribution in [1.82, 2.24) is 4.90 Å². The summed E-state index contributed by atoms with van der Waals surface area (Å²) in [5, 5.41) is 9.10. The summed E-state index contributed by atoms with van der Waals surface area (Å²) in [6.45, 7) is 3.25. The average Bonchev–Trinajstić information content (AvgIpc) is 2.70. The smallest absolute Gasteiger partial charge is 0.304 e. The fraction of sp³-hybridized carbons (Fsp3) is 0.240. The number of aliphatic carboxylic acids is 1. The van der Waals surface area contributed by atoms with Crippen LogP contribution in [-0.2, 0) is 24.3 Å². The second kappa shape index (κ2) is 9.99. The molecule has 3 aromatic rings. The van der Waals surface area contributed by atoms with Gasteiger partial charge in [-0.3, -0.25) is 9.69 Å². The first kappa shape index (κ1) is 20.7. The highest BCUT2D eigenvalue weighted by Crippen LogP contribution is 2.17. The molecule has 150 valence electrons. The summed E-state index contributed by atoms with van der Waals surface area (Å²) in [6.07, 6.45) is 0.869. The van der Waals surface area contributed by atoms with E-state index in [1.54, 1.807) is 6.07 Å². The number of aryl methyl sites for hydroxylation is 1. The second-order valence-corrected chi connectivity index (χ2v) is 7.43. The van der Waals surface area contributed by atoms with Crippen LogP contribution in [0.15, 0.2) is 72.8 Å². The first-order valence-electron chi connectivity index (χ1n) is 9.80. The topological polar surface area (TPSA) is 40.5 Å². The monoisotopic (exact) mass is 391 g/mol. The number of nitrogens with zero attached hydrogens (tertiary/aromatic N) is 1. The Balaban J connectivity index is 1.75. The first-order valence-corrected chi connectivity index (χ1v) is 9.80. The molecule has 1 N–H and O–H groups in total. The lowest BCUT2D eigenvalue weighted by Crippen LogP contribution is -2.26. The first-order chi connectivity index (χ1) is 14.0. The van der Waals surface area contributed by atoms with E-state index in [1.807, 2.05) is 48.2 Å². The van der Waals surface area contributed by atoms with Crippen molar-refractivity contribution in [2.24, 2.45) is 0 Å². The third kappa shape index (κ3) is 6.54. The summed E-state index contributed by atoms with van der Waals surface area (Å²) in [5.74, 6) is -1.11. The van der Waals surface area contributed by atoms with Gasteiger partial charge in [-0.2, -0.15) is 0 Å². The minimum Gasteiger partial charge on any atom is -0.481 e. The lowest BCUT2D eigenvalue weighted by molar-refractivity contribution is -0.137. The molecule has 4 heteroatoms.